The fourth-order valence-electron chi connectivity index (χ4n) is 2.77. The van der Waals surface area contributed by atoms with Crippen molar-refractivity contribution in [2.24, 2.45) is 5.92 Å². The van der Waals surface area contributed by atoms with Crippen LogP contribution in [0.15, 0.2) is 53.0 Å². The third-order valence-electron chi connectivity index (χ3n) is 4.18. The van der Waals surface area contributed by atoms with E-state index < -0.39 is 11.9 Å². The Balaban J connectivity index is 2.01. The maximum atomic E-state index is 12.7. The van der Waals surface area contributed by atoms with Crippen LogP contribution in [-0.2, 0) is 14.4 Å². The van der Waals surface area contributed by atoms with Crippen LogP contribution in [0.2, 0.25) is 0 Å². The normalized spacial score (nSPS) is 11.6. The first-order valence-corrected chi connectivity index (χ1v) is 10.2. The molecule has 3 N–H and O–H groups in total. The molecule has 0 aromatic heterocycles. The molecule has 1 unspecified atom stereocenters. The monoisotopic (exact) mass is 459 g/mol. The van der Waals surface area contributed by atoms with E-state index >= 15 is 0 Å². The third kappa shape index (κ3) is 7.34. The first-order valence-electron chi connectivity index (χ1n) is 9.44. The van der Waals surface area contributed by atoms with Gasteiger partial charge in [0.05, 0.1) is 6.54 Å². The van der Waals surface area contributed by atoms with Crippen LogP contribution in [0.5, 0.6) is 0 Å². The molecule has 0 saturated heterocycles. The standard InChI is InChI=1S/C22H26BrN3O3/c1-14(2)11-19(27)26-21(16-7-5-4-6-8-16)22(29)24-13-20(28)25-18-10-9-17(23)12-15(18)3/h4-10,12,14,21H,11,13H2,1-3H3,(H,24,29)(H,25,28)(H,26,27). The quantitative estimate of drug-likeness (QED) is 0.561. The zero-order valence-electron chi connectivity index (χ0n) is 16.8. The number of benzene rings is 2. The lowest BCUT2D eigenvalue weighted by Gasteiger charge is -2.19. The number of aryl methyl sites for hydroxylation is 1. The largest absolute Gasteiger partial charge is 0.345 e. The number of hydrogen-bond acceptors (Lipinski definition) is 3. The lowest BCUT2D eigenvalue weighted by molar-refractivity contribution is -0.130. The van der Waals surface area contributed by atoms with Crippen LogP contribution >= 0.6 is 15.9 Å². The molecule has 3 amide bonds. The molecule has 0 aliphatic carbocycles. The van der Waals surface area contributed by atoms with Gasteiger partial charge in [-0.1, -0.05) is 60.1 Å². The van der Waals surface area contributed by atoms with Crippen LogP contribution in [0.25, 0.3) is 0 Å². The summed E-state index contributed by atoms with van der Waals surface area (Å²) in [5, 5.41) is 8.16. The first-order chi connectivity index (χ1) is 13.8. The van der Waals surface area contributed by atoms with Crippen molar-refractivity contribution in [1.29, 1.82) is 0 Å². The molecule has 0 aliphatic heterocycles. The Morgan fingerprint density at radius 3 is 2.31 bits per heavy atom. The third-order valence-corrected chi connectivity index (χ3v) is 4.67. The van der Waals surface area contributed by atoms with Crippen molar-refractivity contribution in [1.82, 2.24) is 10.6 Å². The van der Waals surface area contributed by atoms with Gasteiger partial charge in [0.25, 0.3) is 0 Å². The predicted octanol–water partition coefficient (Wildman–Crippen LogP) is 3.72. The minimum absolute atomic E-state index is 0.175. The molecule has 0 spiro atoms. The molecule has 0 bridgehead atoms. The molecule has 0 radical (unpaired) electrons. The summed E-state index contributed by atoms with van der Waals surface area (Å²) in [6.07, 6.45) is 0.319. The molecule has 0 fully saturated rings. The van der Waals surface area contributed by atoms with Crippen molar-refractivity contribution < 1.29 is 14.4 Å². The van der Waals surface area contributed by atoms with Crippen LogP contribution in [0.3, 0.4) is 0 Å². The maximum absolute atomic E-state index is 12.7. The smallest absolute Gasteiger partial charge is 0.247 e. The highest BCUT2D eigenvalue weighted by Gasteiger charge is 2.23. The molecule has 0 saturated carbocycles. The van der Waals surface area contributed by atoms with E-state index in [0.717, 1.165) is 10.0 Å². The first kappa shape index (κ1) is 22.6. The topological polar surface area (TPSA) is 87.3 Å². The molecule has 0 aliphatic rings. The summed E-state index contributed by atoms with van der Waals surface area (Å²) < 4.78 is 0.921. The van der Waals surface area contributed by atoms with Crippen molar-refractivity contribution in [3.8, 4) is 0 Å². The number of amides is 3. The second-order valence-corrected chi connectivity index (χ2v) is 8.15. The average Bonchev–Trinajstić information content (AvgIpc) is 2.66. The number of nitrogens with one attached hydrogen (secondary N) is 3. The number of halogens is 1. The van der Waals surface area contributed by atoms with Gasteiger partial charge in [0.1, 0.15) is 6.04 Å². The summed E-state index contributed by atoms with van der Waals surface area (Å²) in [5.74, 6) is -0.812. The van der Waals surface area contributed by atoms with Gasteiger partial charge in [-0.25, -0.2) is 0 Å². The summed E-state index contributed by atoms with van der Waals surface area (Å²) in [6.45, 7) is 5.56. The average molecular weight is 460 g/mol. The molecule has 0 heterocycles. The van der Waals surface area contributed by atoms with Gasteiger partial charge in [-0.2, -0.15) is 0 Å². The van der Waals surface area contributed by atoms with Crippen molar-refractivity contribution in [2.75, 3.05) is 11.9 Å². The van der Waals surface area contributed by atoms with Gasteiger partial charge in [0.2, 0.25) is 17.7 Å². The Hall–Kier alpha value is -2.67. The van der Waals surface area contributed by atoms with Crippen molar-refractivity contribution in [3.05, 3.63) is 64.1 Å². The molecular weight excluding hydrogens is 434 g/mol. The molecule has 29 heavy (non-hydrogen) atoms. The van der Waals surface area contributed by atoms with Gasteiger partial charge >= 0.3 is 0 Å². The maximum Gasteiger partial charge on any atom is 0.247 e. The van der Waals surface area contributed by atoms with Crippen molar-refractivity contribution in [2.45, 2.75) is 33.2 Å². The fraction of sp³-hybridized carbons (Fsp3) is 0.318. The van der Waals surface area contributed by atoms with Crippen LogP contribution in [-0.4, -0.2) is 24.3 Å². The minimum atomic E-state index is -0.857. The summed E-state index contributed by atoms with van der Waals surface area (Å²) in [5.41, 5.74) is 2.24. The summed E-state index contributed by atoms with van der Waals surface area (Å²) in [4.78, 5) is 37.2. The number of anilines is 1. The van der Waals surface area contributed by atoms with E-state index in [-0.39, 0.29) is 24.3 Å². The van der Waals surface area contributed by atoms with Crippen molar-refractivity contribution >= 4 is 39.3 Å². The van der Waals surface area contributed by atoms with Crippen molar-refractivity contribution in [3.63, 3.8) is 0 Å². The molecule has 6 nitrogen and oxygen atoms in total. The number of rotatable bonds is 8. The summed E-state index contributed by atoms with van der Waals surface area (Å²) in [7, 11) is 0. The van der Waals surface area contributed by atoms with Gasteiger partial charge in [0, 0.05) is 16.6 Å². The second-order valence-electron chi connectivity index (χ2n) is 7.23. The minimum Gasteiger partial charge on any atom is -0.345 e. The Kier molecular flexibility index (Phi) is 8.39. The summed E-state index contributed by atoms with van der Waals surface area (Å²) in [6, 6.07) is 13.6. The van der Waals surface area contributed by atoms with Gasteiger partial charge in [-0.05, 0) is 42.2 Å². The Morgan fingerprint density at radius 2 is 1.69 bits per heavy atom. The SMILES string of the molecule is Cc1cc(Br)ccc1NC(=O)CNC(=O)C(NC(=O)CC(C)C)c1ccccc1. The van der Waals surface area contributed by atoms with Gasteiger partial charge in [-0.15, -0.1) is 0 Å². The molecule has 2 aromatic rings. The van der Waals surface area contributed by atoms with E-state index in [1.54, 1.807) is 30.3 Å². The molecule has 2 rings (SSSR count). The lowest BCUT2D eigenvalue weighted by atomic mass is 10.0. The molecular formula is C22H26BrN3O3. The van der Waals surface area contributed by atoms with E-state index in [4.69, 9.17) is 0 Å². The fourth-order valence-corrected chi connectivity index (χ4v) is 3.24. The van der Waals surface area contributed by atoms with Crippen LogP contribution in [0, 0.1) is 12.8 Å². The zero-order chi connectivity index (χ0) is 21.4. The van der Waals surface area contributed by atoms with E-state index in [1.165, 1.54) is 0 Å². The highest BCUT2D eigenvalue weighted by Crippen LogP contribution is 2.20. The van der Waals surface area contributed by atoms with E-state index in [2.05, 4.69) is 31.9 Å². The number of carbonyl (C=O) groups excluding carboxylic acids is 3. The second kappa shape index (κ2) is 10.8. The van der Waals surface area contributed by atoms with Gasteiger partial charge in [0.15, 0.2) is 0 Å². The van der Waals surface area contributed by atoms with E-state index in [0.29, 0.717) is 17.7 Å². The predicted molar refractivity (Wildman–Crippen MR) is 117 cm³/mol. The molecule has 1 atom stereocenters. The van der Waals surface area contributed by atoms with E-state index in [9.17, 15) is 14.4 Å². The number of carbonyl (C=O) groups is 3. The molecule has 7 heteroatoms. The molecule has 2 aromatic carbocycles. The Bertz CT molecular complexity index is 869. The molecule has 154 valence electrons. The van der Waals surface area contributed by atoms with Gasteiger partial charge in [-0.3, -0.25) is 14.4 Å². The number of hydrogen-bond donors (Lipinski definition) is 3. The zero-order valence-corrected chi connectivity index (χ0v) is 18.4. The highest BCUT2D eigenvalue weighted by atomic mass is 79.9. The Morgan fingerprint density at radius 1 is 1.00 bits per heavy atom. The van der Waals surface area contributed by atoms with Gasteiger partial charge < -0.3 is 16.0 Å². The van der Waals surface area contributed by atoms with Crippen LogP contribution < -0.4 is 16.0 Å². The summed E-state index contributed by atoms with van der Waals surface area (Å²) >= 11 is 3.38. The van der Waals surface area contributed by atoms with Crippen LogP contribution in [0.4, 0.5) is 5.69 Å². The Labute approximate surface area is 179 Å². The van der Waals surface area contributed by atoms with E-state index in [1.807, 2.05) is 39.0 Å². The van der Waals surface area contributed by atoms with Crippen LogP contribution in [0.1, 0.15) is 37.4 Å². The highest BCUT2D eigenvalue weighted by molar-refractivity contribution is 9.10. The lowest BCUT2D eigenvalue weighted by Crippen LogP contribution is -2.43.